The fourth-order valence-corrected chi connectivity index (χ4v) is 1.51. The van der Waals surface area contributed by atoms with Gasteiger partial charge in [-0.05, 0) is 22.9 Å². The number of halogens is 1. The molecule has 16 heavy (non-hydrogen) atoms. The maximum absolute atomic E-state index is 11.5. The molecule has 1 rings (SSSR count). The monoisotopic (exact) mass is 291 g/mol. The van der Waals surface area contributed by atoms with Crippen molar-refractivity contribution in [2.75, 3.05) is 18.5 Å². The molecular formula is C9H14BrN3O3. The Kier molecular flexibility index (Phi) is 4.06. The minimum atomic E-state index is -0.892. The molecular weight excluding hydrogens is 278 g/mol. The van der Waals surface area contributed by atoms with Crippen molar-refractivity contribution < 1.29 is 10.2 Å². The number of rotatable bonds is 4. The van der Waals surface area contributed by atoms with E-state index in [9.17, 15) is 4.79 Å². The van der Waals surface area contributed by atoms with Crippen LogP contribution >= 0.6 is 15.9 Å². The molecule has 0 fully saturated rings. The first-order valence-corrected chi connectivity index (χ1v) is 5.44. The second-order valence-corrected chi connectivity index (χ2v) is 4.60. The van der Waals surface area contributed by atoms with Crippen molar-refractivity contribution in [3.63, 3.8) is 0 Å². The first-order chi connectivity index (χ1) is 7.43. The molecule has 6 nitrogen and oxygen atoms in total. The van der Waals surface area contributed by atoms with Crippen LogP contribution in [-0.2, 0) is 7.05 Å². The normalized spacial score (nSPS) is 11.6. The minimum Gasteiger partial charge on any atom is -0.394 e. The van der Waals surface area contributed by atoms with Crippen LogP contribution in [0.5, 0.6) is 0 Å². The third kappa shape index (κ3) is 2.60. The van der Waals surface area contributed by atoms with Gasteiger partial charge in [-0.2, -0.15) is 5.10 Å². The first kappa shape index (κ1) is 13.1. The van der Waals surface area contributed by atoms with Crippen LogP contribution in [0.2, 0.25) is 0 Å². The minimum absolute atomic E-state index is 0.259. The fourth-order valence-electron chi connectivity index (χ4n) is 1.05. The Morgan fingerprint density at radius 1 is 1.56 bits per heavy atom. The van der Waals surface area contributed by atoms with E-state index in [-0.39, 0.29) is 18.8 Å². The first-order valence-electron chi connectivity index (χ1n) is 4.65. The Morgan fingerprint density at radius 2 is 2.12 bits per heavy atom. The number of aromatic nitrogens is 2. The summed E-state index contributed by atoms with van der Waals surface area (Å²) in [5.74, 6) is 0. The van der Waals surface area contributed by atoms with Crippen molar-refractivity contribution >= 4 is 21.6 Å². The number of hydrogen-bond donors (Lipinski definition) is 3. The van der Waals surface area contributed by atoms with E-state index in [1.807, 2.05) is 0 Å². The highest BCUT2D eigenvalue weighted by atomic mass is 79.9. The van der Waals surface area contributed by atoms with E-state index < -0.39 is 5.54 Å². The van der Waals surface area contributed by atoms with Crippen molar-refractivity contribution in [1.29, 1.82) is 0 Å². The van der Waals surface area contributed by atoms with Crippen molar-refractivity contribution in [3.8, 4) is 0 Å². The Balaban J connectivity index is 3.08. The van der Waals surface area contributed by atoms with Gasteiger partial charge in [-0.25, -0.2) is 4.68 Å². The molecule has 0 aliphatic carbocycles. The summed E-state index contributed by atoms with van der Waals surface area (Å²) >= 11 is 3.14. The van der Waals surface area contributed by atoms with Gasteiger partial charge in [0.15, 0.2) is 0 Å². The van der Waals surface area contributed by atoms with Gasteiger partial charge in [-0.3, -0.25) is 4.79 Å². The Bertz CT molecular complexity index is 428. The van der Waals surface area contributed by atoms with Crippen LogP contribution in [0, 0.1) is 0 Å². The molecule has 0 amide bonds. The molecule has 0 radical (unpaired) electrons. The molecule has 0 aliphatic rings. The third-order valence-electron chi connectivity index (χ3n) is 2.21. The number of nitrogens with zero attached hydrogens (tertiary/aromatic N) is 2. The molecule has 3 N–H and O–H groups in total. The molecule has 0 bridgehead atoms. The Labute approximate surface area is 101 Å². The fraction of sp³-hybridized carbons (Fsp3) is 0.556. The van der Waals surface area contributed by atoms with Crippen molar-refractivity contribution in [2.45, 2.75) is 12.5 Å². The van der Waals surface area contributed by atoms with Gasteiger partial charge in [-0.15, -0.1) is 0 Å². The second-order valence-electron chi connectivity index (χ2n) is 3.80. The van der Waals surface area contributed by atoms with Crippen LogP contribution in [-0.4, -0.2) is 38.7 Å². The van der Waals surface area contributed by atoms with Crippen LogP contribution in [0.25, 0.3) is 0 Å². The lowest BCUT2D eigenvalue weighted by molar-refractivity contribution is 0.147. The SMILES string of the molecule is Cn1ncc(NC(C)(CO)CO)c(Br)c1=O. The Morgan fingerprint density at radius 3 is 2.62 bits per heavy atom. The molecule has 1 aromatic rings. The maximum atomic E-state index is 11.5. The van der Waals surface area contributed by atoms with E-state index in [1.165, 1.54) is 17.9 Å². The highest BCUT2D eigenvalue weighted by Crippen LogP contribution is 2.20. The molecule has 0 aromatic carbocycles. The molecule has 90 valence electrons. The molecule has 0 spiro atoms. The third-order valence-corrected chi connectivity index (χ3v) is 2.98. The van der Waals surface area contributed by atoms with Gasteiger partial charge in [-0.1, -0.05) is 0 Å². The summed E-state index contributed by atoms with van der Waals surface area (Å²) in [6, 6.07) is 0. The predicted octanol–water partition coefficient (Wildman–Crippen LogP) is -0.302. The van der Waals surface area contributed by atoms with E-state index in [0.29, 0.717) is 10.2 Å². The zero-order valence-electron chi connectivity index (χ0n) is 9.07. The topological polar surface area (TPSA) is 87.4 Å². The molecule has 0 atom stereocenters. The van der Waals surface area contributed by atoms with Crippen molar-refractivity contribution in [2.24, 2.45) is 7.05 Å². The van der Waals surface area contributed by atoms with E-state index in [4.69, 9.17) is 10.2 Å². The Hall–Kier alpha value is -0.920. The lowest BCUT2D eigenvalue weighted by atomic mass is 10.1. The van der Waals surface area contributed by atoms with E-state index in [1.54, 1.807) is 6.92 Å². The lowest BCUT2D eigenvalue weighted by Crippen LogP contribution is -2.43. The van der Waals surface area contributed by atoms with Gasteiger partial charge >= 0.3 is 0 Å². The number of hydrogen-bond acceptors (Lipinski definition) is 5. The number of aliphatic hydroxyl groups excluding tert-OH is 2. The van der Waals surface area contributed by atoms with E-state index >= 15 is 0 Å². The van der Waals surface area contributed by atoms with Crippen LogP contribution < -0.4 is 10.9 Å². The summed E-state index contributed by atoms with van der Waals surface area (Å²) in [5.41, 5.74) is -0.742. The molecule has 0 aliphatic heterocycles. The molecule has 0 saturated carbocycles. The highest BCUT2D eigenvalue weighted by Gasteiger charge is 2.23. The summed E-state index contributed by atoms with van der Waals surface area (Å²) in [5, 5.41) is 24.9. The van der Waals surface area contributed by atoms with Crippen LogP contribution in [0.3, 0.4) is 0 Å². The number of aryl methyl sites for hydroxylation is 1. The molecule has 0 unspecified atom stereocenters. The molecule has 1 aromatic heterocycles. The van der Waals surface area contributed by atoms with Gasteiger partial charge < -0.3 is 15.5 Å². The van der Waals surface area contributed by atoms with Gasteiger partial charge in [0.2, 0.25) is 0 Å². The maximum Gasteiger partial charge on any atom is 0.282 e. The van der Waals surface area contributed by atoms with Gasteiger partial charge in [0.1, 0.15) is 4.47 Å². The quantitative estimate of drug-likeness (QED) is 0.709. The largest absolute Gasteiger partial charge is 0.394 e. The van der Waals surface area contributed by atoms with Gasteiger partial charge in [0.25, 0.3) is 5.56 Å². The van der Waals surface area contributed by atoms with Gasteiger partial charge in [0, 0.05) is 7.05 Å². The summed E-state index contributed by atoms with van der Waals surface area (Å²) in [7, 11) is 1.54. The molecule has 0 saturated heterocycles. The summed E-state index contributed by atoms with van der Waals surface area (Å²) in [6.07, 6.45) is 1.45. The van der Waals surface area contributed by atoms with E-state index in [0.717, 1.165) is 0 Å². The highest BCUT2D eigenvalue weighted by molar-refractivity contribution is 9.10. The van der Waals surface area contributed by atoms with E-state index in [2.05, 4.69) is 26.3 Å². The second kappa shape index (κ2) is 4.94. The predicted molar refractivity (Wildman–Crippen MR) is 63.4 cm³/mol. The van der Waals surface area contributed by atoms with Gasteiger partial charge in [0.05, 0.1) is 30.6 Å². The zero-order chi connectivity index (χ0) is 12.3. The zero-order valence-corrected chi connectivity index (χ0v) is 10.7. The average Bonchev–Trinajstić information content (AvgIpc) is 2.30. The summed E-state index contributed by atoms with van der Waals surface area (Å²) < 4.78 is 1.50. The summed E-state index contributed by atoms with van der Waals surface area (Å²) in [6.45, 7) is 1.12. The smallest absolute Gasteiger partial charge is 0.282 e. The molecule has 1 heterocycles. The average molecular weight is 292 g/mol. The molecule has 7 heteroatoms. The summed E-state index contributed by atoms with van der Waals surface area (Å²) in [4.78, 5) is 11.5. The van der Waals surface area contributed by atoms with Crippen LogP contribution in [0.4, 0.5) is 5.69 Å². The number of aliphatic hydroxyl groups is 2. The van der Waals surface area contributed by atoms with Crippen molar-refractivity contribution in [3.05, 3.63) is 21.0 Å². The van der Waals surface area contributed by atoms with Crippen molar-refractivity contribution in [1.82, 2.24) is 9.78 Å². The number of anilines is 1. The lowest BCUT2D eigenvalue weighted by Gasteiger charge is -2.27. The number of nitrogens with one attached hydrogen (secondary N) is 1. The standard InChI is InChI=1S/C9H14BrN3O3/c1-9(4-14,5-15)12-6-3-11-13(2)8(16)7(6)10/h3,12,14-15H,4-5H2,1-2H3. The van der Waals surface area contributed by atoms with Crippen LogP contribution in [0.15, 0.2) is 15.5 Å². The van der Waals surface area contributed by atoms with Crippen LogP contribution in [0.1, 0.15) is 6.92 Å².